The van der Waals surface area contributed by atoms with E-state index in [0.717, 1.165) is 4.31 Å². The van der Waals surface area contributed by atoms with E-state index >= 15 is 0 Å². The van der Waals surface area contributed by atoms with E-state index in [-0.39, 0.29) is 17.0 Å². The number of sulfonamides is 1. The van der Waals surface area contributed by atoms with Gasteiger partial charge in [0.15, 0.2) is 11.5 Å². The molecule has 30 heavy (non-hydrogen) atoms. The third-order valence-electron chi connectivity index (χ3n) is 4.65. The Kier molecular flexibility index (Phi) is 5.88. The van der Waals surface area contributed by atoms with Crippen LogP contribution < -0.4 is 23.8 Å². The topological polar surface area (TPSA) is 111 Å². The van der Waals surface area contributed by atoms with E-state index in [9.17, 15) is 18.0 Å². The molecule has 10 heteroatoms. The fraction of sp³-hybridized carbons (Fsp3) is 0.300. The standard InChI is InChI=1S/C20H22N2O7S/c1-12-11-30(25,26)22(20(12)24)15-7-5-13(6-8-15)19(23)21-14-9-16(27-2)18(29-4)17(10-14)28-3/h5-10,12H,11H2,1-4H3,(H,21,23)/t12-/m0/s1. The molecule has 0 spiro atoms. The van der Waals surface area contributed by atoms with Gasteiger partial charge in [-0.05, 0) is 24.3 Å². The van der Waals surface area contributed by atoms with Crippen molar-refractivity contribution in [2.75, 3.05) is 36.7 Å². The Morgan fingerprint density at radius 1 is 1.03 bits per heavy atom. The number of ether oxygens (including phenoxy) is 3. The van der Waals surface area contributed by atoms with Gasteiger partial charge in [-0.1, -0.05) is 6.92 Å². The molecule has 3 rings (SSSR count). The molecule has 2 aromatic rings. The van der Waals surface area contributed by atoms with Crippen LogP contribution in [0.25, 0.3) is 0 Å². The minimum Gasteiger partial charge on any atom is -0.493 e. The van der Waals surface area contributed by atoms with Gasteiger partial charge in [0.25, 0.3) is 5.91 Å². The maximum Gasteiger partial charge on any atom is 0.255 e. The van der Waals surface area contributed by atoms with Crippen LogP contribution in [0.3, 0.4) is 0 Å². The quantitative estimate of drug-likeness (QED) is 0.742. The maximum atomic E-state index is 12.6. The van der Waals surface area contributed by atoms with Crippen LogP contribution in [0.1, 0.15) is 17.3 Å². The second kappa shape index (κ2) is 8.23. The molecular weight excluding hydrogens is 412 g/mol. The highest BCUT2D eigenvalue weighted by Gasteiger charge is 2.41. The van der Waals surface area contributed by atoms with Gasteiger partial charge in [-0.25, -0.2) is 12.7 Å². The molecular formula is C20H22N2O7S. The molecule has 1 heterocycles. The molecule has 0 bridgehead atoms. The Morgan fingerprint density at radius 3 is 2.03 bits per heavy atom. The Hall–Kier alpha value is -3.27. The van der Waals surface area contributed by atoms with Crippen LogP contribution in [0.15, 0.2) is 36.4 Å². The summed E-state index contributed by atoms with van der Waals surface area (Å²) in [5, 5.41) is 2.73. The second-order valence-corrected chi connectivity index (χ2v) is 8.56. The highest BCUT2D eigenvalue weighted by atomic mass is 32.2. The van der Waals surface area contributed by atoms with E-state index in [2.05, 4.69) is 5.32 Å². The number of carbonyl (C=O) groups excluding carboxylic acids is 2. The van der Waals surface area contributed by atoms with Gasteiger partial charge < -0.3 is 19.5 Å². The van der Waals surface area contributed by atoms with Crippen LogP contribution in [-0.2, 0) is 14.8 Å². The highest BCUT2D eigenvalue weighted by Crippen LogP contribution is 2.40. The van der Waals surface area contributed by atoms with E-state index in [1.807, 2.05) is 0 Å². The first-order valence-electron chi connectivity index (χ1n) is 9.00. The summed E-state index contributed by atoms with van der Waals surface area (Å²) in [4.78, 5) is 24.8. The van der Waals surface area contributed by atoms with Crippen molar-refractivity contribution in [1.29, 1.82) is 0 Å². The molecule has 1 saturated heterocycles. The summed E-state index contributed by atoms with van der Waals surface area (Å²) in [7, 11) is 0.717. The third kappa shape index (κ3) is 3.90. The van der Waals surface area contributed by atoms with Gasteiger partial charge in [-0.3, -0.25) is 9.59 Å². The predicted octanol–water partition coefficient (Wildman–Crippen LogP) is 2.28. The van der Waals surface area contributed by atoms with E-state index < -0.39 is 27.8 Å². The Bertz CT molecular complexity index is 1060. The van der Waals surface area contributed by atoms with Crippen LogP contribution >= 0.6 is 0 Å². The Labute approximate surface area is 174 Å². The third-order valence-corrected chi connectivity index (χ3v) is 6.52. The lowest BCUT2D eigenvalue weighted by Crippen LogP contribution is -2.30. The number of amides is 2. The zero-order chi connectivity index (χ0) is 22.1. The number of rotatable bonds is 6. The first kappa shape index (κ1) is 21.4. The van der Waals surface area contributed by atoms with Gasteiger partial charge >= 0.3 is 0 Å². The van der Waals surface area contributed by atoms with Crippen molar-refractivity contribution in [2.45, 2.75) is 6.92 Å². The molecule has 1 N–H and O–H groups in total. The molecule has 9 nitrogen and oxygen atoms in total. The van der Waals surface area contributed by atoms with Crippen LogP contribution in [0, 0.1) is 5.92 Å². The summed E-state index contributed by atoms with van der Waals surface area (Å²) in [6.07, 6.45) is 0. The first-order chi connectivity index (χ1) is 14.2. The van der Waals surface area contributed by atoms with Crippen LogP contribution in [0.2, 0.25) is 0 Å². The fourth-order valence-electron chi connectivity index (χ4n) is 3.19. The number of hydrogen-bond donors (Lipinski definition) is 1. The zero-order valence-electron chi connectivity index (χ0n) is 17.0. The highest BCUT2D eigenvalue weighted by molar-refractivity contribution is 7.94. The minimum atomic E-state index is -3.70. The van der Waals surface area contributed by atoms with Gasteiger partial charge in [0.1, 0.15) is 0 Å². The van der Waals surface area contributed by atoms with Gasteiger partial charge in [-0.15, -0.1) is 0 Å². The number of hydrogen-bond acceptors (Lipinski definition) is 7. The summed E-state index contributed by atoms with van der Waals surface area (Å²) >= 11 is 0. The predicted molar refractivity (Wildman–Crippen MR) is 111 cm³/mol. The van der Waals surface area contributed by atoms with Gasteiger partial charge in [0.05, 0.1) is 38.7 Å². The second-order valence-electron chi connectivity index (χ2n) is 6.70. The number of carbonyl (C=O) groups is 2. The summed E-state index contributed by atoms with van der Waals surface area (Å²) < 4.78 is 41.0. The van der Waals surface area contributed by atoms with Crippen molar-refractivity contribution < 1.29 is 32.2 Å². The lowest BCUT2D eigenvalue weighted by Gasteiger charge is -2.16. The molecule has 0 saturated carbocycles. The molecule has 1 aliphatic rings. The van der Waals surface area contributed by atoms with Crippen molar-refractivity contribution >= 4 is 33.2 Å². The lowest BCUT2D eigenvalue weighted by molar-refractivity contribution is -0.119. The number of nitrogens with one attached hydrogen (secondary N) is 1. The number of benzene rings is 2. The van der Waals surface area contributed by atoms with Crippen LogP contribution in [-0.4, -0.2) is 47.3 Å². The molecule has 160 valence electrons. The van der Waals surface area contributed by atoms with E-state index in [1.54, 1.807) is 19.1 Å². The summed E-state index contributed by atoms with van der Waals surface area (Å²) in [6, 6.07) is 8.94. The molecule has 2 aromatic carbocycles. The summed E-state index contributed by atoms with van der Waals surface area (Å²) in [5.74, 6) is -0.575. The fourth-order valence-corrected chi connectivity index (χ4v) is 5.01. The molecule has 0 aromatic heterocycles. The lowest BCUT2D eigenvalue weighted by atomic mass is 10.1. The molecule has 1 fully saturated rings. The van der Waals surface area contributed by atoms with Crippen LogP contribution in [0.4, 0.5) is 11.4 Å². The Balaban J connectivity index is 1.83. The van der Waals surface area contributed by atoms with Crippen molar-refractivity contribution in [3.8, 4) is 17.2 Å². The average Bonchev–Trinajstić information content (AvgIpc) is 2.93. The van der Waals surface area contributed by atoms with Crippen LogP contribution in [0.5, 0.6) is 17.2 Å². The van der Waals surface area contributed by atoms with E-state index in [4.69, 9.17) is 14.2 Å². The monoisotopic (exact) mass is 434 g/mol. The minimum absolute atomic E-state index is 0.202. The molecule has 1 aliphatic heterocycles. The van der Waals surface area contributed by atoms with E-state index in [1.165, 1.54) is 45.6 Å². The maximum absolute atomic E-state index is 12.6. The molecule has 2 amide bonds. The zero-order valence-corrected chi connectivity index (χ0v) is 17.8. The largest absolute Gasteiger partial charge is 0.493 e. The SMILES string of the molecule is COc1cc(NC(=O)c2ccc(N3C(=O)[C@@H](C)CS3(=O)=O)cc2)cc(OC)c1OC. The van der Waals surface area contributed by atoms with E-state index in [0.29, 0.717) is 22.9 Å². The van der Waals surface area contributed by atoms with Crippen molar-refractivity contribution in [1.82, 2.24) is 0 Å². The van der Waals surface area contributed by atoms with Crippen molar-refractivity contribution in [3.63, 3.8) is 0 Å². The van der Waals surface area contributed by atoms with Gasteiger partial charge in [-0.2, -0.15) is 0 Å². The molecule has 0 radical (unpaired) electrons. The number of methoxy groups -OCH3 is 3. The molecule has 0 aliphatic carbocycles. The van der Waals surface area contributed by atoms with Crippen molar-refractivity contribution in [2.24, 2.45) is 5.92 Å². The Morgan fingerprint density at radius 2 is 1.60 bits per heavy atom. The van der Waals surface area contributed by atoms with Gasteiger partial charge in [0.2, 0.25) is 21.7 Å². The molecule has 0 unspecified atom stereocenters. The smallest absolute Gasteiger partial charge is 0.255 e. The first-order valence-corrected chi connectivity index (χ1v) is 10.6. The van der Waals surface area contributed by atoms with Gasteiger partial charge in [0, 0.05) is 23.4 Å². The summed E-state index contributed by atoms with van der Waals surface area (Å²) in [6.45, 7) is 1.57. The number of nitrogens with zero attached hydrogens (tertiary/aromatic N) is 1. The normalized spacial score (nSPS) is 17.5. The molecule has 1 atom stereocenters. The average molecular weight is 434 g/mol. The number of anilines is 2. The summed E-state index contributed by atoms with van der Waals surface area (Å²) in [5.41, 5.74) is 0.906. The van der Waals surface area contributed by atoms with Crippen molar-refractivity contribution in [3.05, 3.63) is 42.0 Å².